The molecular formula is C28H29N5O7S. The molecule has 2 atom stereocenters. The largest absolute Gasteiger partial charge is 0.497 e. The summed E-state index contributed by atoms with van der Waals surface area (Å²) in [6.45, 7) is 2.97. The number of methoxy groups -OCH3 is 1. The molecule has 1 saturated heterocycles. The number of nitro benzene ring substituents is 1. The third kappa shape index (κ3) is 5.97. The fraction of sp³-hybridized carbons (Fsp3) is 0.357. The van der Waals surface area contributed by atoms with Crippen molar-refractivity contribution in [3.63, 3.8) is 0 Å². The van der Waals surface area contributed by atoms with Gasteiger partial charge in [-0.15, -0.1) is 11.8 Å². The lowest BCUT2D eigenvalue weighted by molar-refractivity contribution is -0.385. The van der Waals surface area contributed by atoms with Gasteiger partial charge < -0.3 is 24.4 Å². The van der Waals surface area contributed by atoms with Crippen LogP contribution in [0.4, 0.5) is 16.2 Å². The van der Waals surface area contributed by atoms with E-state index in [-0.39, 0.29) is 42.2 Å². The molecule has 1 N–H and O–H groups in total. The van der Waals surface area contributed by atoms with E-state index in [2.05, 4.69) is 6.07 Å². The summed E-state index contributed by atoms with van der Waals surface area (Å²) in [7, 11) is 1.53. The van der Waals surface area contributed by atoms with Gasteiger partial charge in [0, 0.05) is 55.0 Å². The quantitative estimate of drug-likeness (QED) is 0.283. The maximum Gasteiger partial charge on any atom is 0.407 e. The number of nitriles is 1. The van der Waals surface area contributed by atoms with Gasteiger partial charge in [-0.3, -0.25) is 10.1 Å². The van der Waals surface area contributed by atoms with E-state index in [1.165, 1.54) is 29.8 Å². The van der Waals surface area contributed by atoms with E-state index in [9.17, 15) is 30.1 Å². The summed E-state index contributed by atoms with van der Waals surface area (Å²) in [5, 5.41) is 32.4. The Hall–Kier alpha value is -4.57. The van der Waals surface area contributed by atoms with E-state index >= 15 is 0 Å². The van der Waals surface area contributed by atoms with Crippen molar-refractivity contribution in [3.8, 4) is 11.8 Å². The fourth-order valence-corrected chi connectivity index (χ4v) is 5.67. The molecule has 0 bridgehead atoms. The SMILES string of the molecule is CCOC(=O)C1=C(c2ccc(OC)cc2)N=C(SC)C(C#N)C1c1ccc(N2CCN(C(=O)O)CC2)cc1[N+](=O)[O-]. The Morgan fingerprint density at radius 2 is 1.88 bits per heavy atom. The third-order valence-corrected chi connectivity index (χ3v) is 7.82. The normalized spacial score (nSPS) is 18.8. The first-order valence-electron chi connectivity index (χ1n) is 12.8. The molecule has 2 aliphatic rings. The number of carbonyl (C=O) groups is 2. The summed E-state index contributed by atoms with van der Waals surface area (Å²) < 4.78 is 10.7. The van der Waals surface area contributed by atoms with E-state index in [0.717, 1.165) is 0 Å². The maximum absolute atomic E-state index is 13.5. The molecule has 0 saturated carbocycles. The van der Waals surface area contributed by atoms with Crippen molar-refractivity contribution >= 4 is 45.9 Å². The highest BCUT2D eigenvalue weighted by molar-refractivity contribution is 8.13. The third-order valence-electron chi connectivity index (χ3n) is 7.06. The first kappa shape index (κ1) is 29.4. The summed E-state index contributed by atoms with van der Waals surface area (Å²) in [6.07, 6.45) is 0.748. The zero-order valence-corrected chi connectivity index (χ0v) is 23.6. The molecule has 1 fully saturated rings. The minimum Gasteiger partial charge on any atom is -0.497 e. The highest BCUT2D eigenvalue weighted by atomic mass is 32.2. The minimum atomic E-state index is -1.03. The van der Waals surface area contributed by atoms with E-state index in [1.807, 2.05) is 4.90 Å². The maximum atomic E-state index is 13.5. The number of hydrogen-bond acceptors (Lipinski definition) is 10. The van der Waals surface area contributed by atoms with Gasteiger partial charge in [0.05, 0.1) is 41.0 Å². The Morgan fingerprint density at radius 3 is 2.41 bits per heavy atom. The van der Waals surface area contributed by atoms with E-state index in [4.69, 9.17) is 14.5 Å². The second-order valence-electron chi connectivity index (χ2n) is 9.21. The highest BCUT2D eigenvalue weighted by Crippen LogP contribution is 2.47. The molecule has 41 heavy (non-hydrogen) atoms. The van der Waals surface area contributed by atoms with E-state index in [0.29, 0.717) is 35.1 Å². The van der Waals surface area contributed by atoms with Crippen molar-refractivity contribution < 1.29 is 29.1 Å². The fourth-order valence-electron chi connectivity index (χ4n) is 5.04. The number of thioether (sulfide) groups is 1. The van der Waals surface area contributed by atoms with Gasteiger partial charge in [-0.25, -0.2) is 14.6 Å². The molecule has 2 unspecified atom stereocenters. The van der Waals surface area contributed by atoms with Crippen molar-refractivity contribution in [2.75, 3.05) is 51.1 Å². The predicted octanol–water partition coefficient (Wildman–Crippen LogP) is 4.38. The number of rotatable bonds is 7. The zero-order chi connectivity index (χ0) is 29.7. The van der Waals surface area contributed by atoms with Crippen LogP contribution in [0.25, 0.3) is 5.70 Å². The van der Waals surface area contributed by atoms with Crippen molar-refractivity contribution in [2.24, 2.45) is 10.9 Å². The first-order valence-corrected chi connectivity index (χ1v) is 14.1. The Bertz CT molecular complexity index is 1440. The Morgan fingerprint density at radius 1 is 1.20 bits per heavy atom. The molecule has 0 aliphatic carbocycles. The number of aliphatic imine (C=N–C) groups is 1. The first-order chi connectivity index (χ1) is 19.7. The average Bonchev–Trinajstić information content (AvgIpc) is 2.99. The van der Waals surface area contributed by atoms with Crippen LogP contribution in [0.3, 0.4) is 0 Å². The van der Waals surface area contributed by atoms with Gasteiger partial charge in [-0.2, -0.15) is 5.26 Å². The van der Waals surface area contributed by atoms with Crippen LogP contribution in [0.15, 0.2) is 53.0 Å². The standard InChI is InChI=1S/C28H29N5O7S/c1-4-40-27(34)24-23(21(16-29)26(41-3)30-25(24)17-5-8-19(39-2)9-6-17)20-10-7-18(15-22(20)33(37)38)31-11-13-32(14-12-31)28(35)36/h5-10,15,21,23H,4,11-14H2,1-3H3,(H,35,36). The van der Waals surface area contributed by atoms with Crippen LogP contribution < -0.4 is 9.64 Å². The van der Waals surface area contributed by atoms with Crippen molar-refractivity contribution in [3.05, 3.63) is 69.3 Å². The zero-order valence-electron chi connectivity index (χ0n) is 22.8. The molecular weight excluding hydrogens is 550 g/mol. The predicted molar refractivity (Wildman–Crippen MR) is 154 cm³/mol. The summed E-state index contributed by atoms with van der Waals surface area (Å²) >= 11 is 1.24. The Labute approximate surface area is 241 Å². The van der Waals surface area contributed by atoms with Crippen LogP contribution in [0.5, 0.6) is 5.75 Å². The molecule has 2 aromatic rings. The molecule has 1 amide bonds. The van der Waals surface area contributed by atoms with Crippen LogP contribution in [0.2, 0.25) is 0 Å². The number of piperazine rings is 1. The molecule has 2 aromatic carbocycles. The van der Waals surface area contributed by atoms with Crippen LogP contribution in [0.1, 0.15) is 24.0 Å². The molecule has 12 nitrogen and oxygen atoms in total. The summed E-state index contributed by atoms with van der Waals surface area (Å²) in [5.74, 6) is -2.13. The van der Waals surface area contributed by atoms with Crippen molar-refractivity contribution in [1.82, 2.24) is 4.90 Å². The number of benzene rings is 2. The number of carbonyl (C=O) groups excluding carboxylic acids is 1. The van der Waals surface area contributed by atoms with Gasteiger partial charge in [0.15, 0.2) is 0 Å². The molecule has 13 heteroatoms. The Kier molecular flexibility index (Phi) is 9.14. The van der Waals surface area contributed by atoms with Gasteiger partial charge in [-0.05, 0) is 49.6 Å². The number of hydrogen-bond donors (Lipinski definition) is 1. The number of carboxylic acid groups (broad SMARTS) is 1. The second-order valence-corrected chi connectivity index (χ2v) is 10.0. The van der Waals surface area contributed by atoms with Crippen LogP contribution in [-0.2, 0) is 9.53 Å². The number of nitro groups is 1. The Balaban J connectivity index is 1.89. The lowest BCUT2D eigenvalue weighted by atomic mass is 9.77. The average molecular weight is 580 g/mol. The number of esters is 1. The number of amides is 1. The van der Waals surface area contributed by atoms with Crippen molar-refractivity contribution in [2.45, 2.75) is 12.8 Å². The highest BCUT2D eigenvalue weighted by Gasteiger charge is 2.43. The molecule has 0 spiro atoms. The number of anilines is 1. The van der Waals surface area contributed by atoms with Gasteiger partial charge in [0.25, 0.3) is 5.69 Å². The van der Waals surface area contributed by atoms with Gasteiger partial charge >= 0.3 is 12.1 Å². The lowest BCUT2D eigenvalue weighted by Gasteiger charge is -2.35. The summed E-state index contributed by atoms with van der Waals surface area (Å²) in [5.41, 5.74) is 1.38. The summed E-state index contributed by atoms with van der Waals surface area (Å²) in [6, 6.07) is 13.8. The molecule has 2 heterocycles. The van der Waals surface area contributed by atoms with Crippen LogP contribution >= 0.6 is 11.8 Å². The van der Waals surface area contributed by atoms with E-state index in [1.54, 1.807) is 49.6 Å². The minimum absolute atomic E-state index is 0.0601. The molecule has 0 aromatic heterocycles. The van der Waals surface area contributed by atoms with Gasteiger partial charge in [-0.1, -0.05) is 0 Å². The summed E-state index contributed by atoms with van der Waals surface area (Å²) in [4.78, 5) is 44.6. The molecule has 2 aliphatic heterocycles. The van der Waals surface area contributed by atoms with Gasteiger partial charge in [0.1, 0.15) is 11.7 Å². The number of nitrogens with zero attached hydrogens (tertiary/aromatic N) is 5. The van der Waals surface area contributed by atoms with Crippen LogP contribution in [0, 0.1) is 27.4 Å². The van der Waals surface area contributed by atoms with E-state index < -0.39 is 28.8 Å². The van der Waals surface area contributed by atoms with Gasteiger partial charge in [0.2, 0.25) is 0 Å². The number of ether oxygens (including phenoxy) is 2. The lowest BCUT2D eigenvalue weighted by Crippen LogP contribution is -2.48. The topological polar surface area (TPSA) is 159 Å². The molecule has 0 radical (unpaired) electrons. The molecule has 4 rings (SSSR count). The monoisotopic (exact) mass is 579 g/mol. The smallest absolute Gasteiger partial charge is 0.407 e. The van der Waals surface area contributed by atoms with Crippen molar-refractivity contribution in [1.29, 1.82) is 5.26 Å². The molecule has 214 valence electrons. The van der Waals surface area contributed by atoms with Crippen LogP contribution in [-0.4, -0.2) is 78.2 Å². The second kappa shape index (κ2) is 12.7.